The fourth-order valence-corrected chi connectivity index (χ4v) is 7.85. The SMILES string of the molecule is CCCC1=C(C(=O)OCC)[C@@H](c2cc(OC)ccc2OC)n2c(s/c(=C\c3cc(Br)c(OCc4ccccc4Cl)c(Br)c3)c2=O)=N1. The highest BCUT2D eigenvalue weighted by Crippen LogP contribution is 2.39. The van der Waals surface area contributed by atoms with Crippen LogP contribution < -0.4 is 29.1 Å². The quantitative estimate of drug-likeness (QED) is 0.148. The van der Waals surface area contributed by atoms with Crippen LogP contribution in [0.15, 0.2) is 84.6 Å². The van der Waals surface area contributed by atoms with E-state index in [0.29, 0.717) is 63.8 Å². The summed E-state index contributed by atoms with van der Waals surface area (Å²) in [5.41, 5.74) is 2.78. The third kappa shape index (κ3) is 6.97. The monoisotopic (exact) mass is 788 g/mol. The van der Waals surface area contributed by atoms with Crippen molar-refractivity contribution in [2.24, 2.45) is 4.99 Å². The molecule has 12 heteroatoms. The van der Waals surface area contributed by atoms with Gasteiger partial charge in [0.25, 0.3) is 5.56 Å². The Morgan fingerprint density at radius 2 is 1.80 bits per heavy atom. The molecule has 0 radical (unpaired) electrons. The lowest BCUT2D eigenvalue weighted by Gasteiger charge is -2.27. The van der Waals surface area contributed by atoms with Gasteiger partial charge in [-0.15, -0.1) is 0 Å². The number of halogens is 3. The fraction of sp³-hybridized carbons (Fsp3) is 0.265. The Labute approximate surface area is 292 Å². The maximum absolute atomic E-state index is 14.2. The summed E-state index contributed by atoms with van der Waals surface area (Å²) in [4.78, 5) is 33.1. The number of ether oxygens (including phenoxy) is 4. The predicted octanol–water partition coefficient (Wildman–Crippen LogP) is 7.35. The maximum Gasteiger partial charge on any atom is 0.338 e. The normalized spacial score (nSPS) is 14.5. The molecule has 1 aliphatic rings. The van der Waals surface area contributed by atoms with Crippen LogP contribution in [0, 0.1) is 0 Å². The van der Waals surface area contributed by atoms with E-state index in [0.717, 1.165) is 17.5 Å². The minimum absolute atomic E-state index is 0.177. The van der Waals surface area contributed by atoms with Crippen LogP contribution in [0.4, 0.5) is 0 Å². The number of rotatable bonds is 11. The van der Waals surface area contributed by atoms with Crippen LogP contribution >= 0.6 is 54.8 Å². The number of aromatic nitrogens is 1. The molecule has 1 atom stereocenters. The Hall–Kier alpha value is -3.38. The maximum atomic E-state index is 14.2. The van der Waals surface area contributed by atoms with E-state index in [2.05, 4.69) is 31.9 Å². The second kappa shape index (κ2) is 15.0. The first-order valence-electron chi connectivity index (χ1n) is 14.5. The van der Waals surface area contributed by atoms with E-state index in [1.165, 1.54) is 11.3 Å². The van der Waals surface area contributed by atoms with Crippen molar-refractivity contribution in [1.82, 2.24) is 4.57 Å². The number of hydrogen-bond acceptors (Lipinski definition) is 8. The van der Waals surface area contributed by atoms with Gasteiger partial charge in [0.05, 0.1) is 45.6 Å². The van der Waals surface area contributed by atoms with Gasteiger partial charge in [0, 0.05) is 16.1 Å². The first-order chi connectivity index (χ1) is 22.2. The van der Waals surface area contributed by atoms with Crippen molar-refractivity contribution >= 4 is 66.8 Å². The average Bonchev–Trinajstić information content (AvgIpc) is 3.34. The number of nitrogens with zero attached hydrogens (tertiary/aromatic N) is 2. The summed E-state index contributed by atoms with van der Waals surface area (Å²) in [5.74, 6) is 1.13. The number of thiazole rings is 1. The highest BCUT2D eigenvalue weighted by molar-refractivity contribution is 9.11. The van der Waals surface area contributed by atoms with Crippen molar-refractivity contribution in [3.63, 3.8) is 0 Å². The van der Waals surface area contributed by atoms with Gasteiger partial charge in [-0.1, -0.05) is 54.5 Å². The highest BCUT2D eigenvalue weighted by Gasteiger charge is 2.36. The van der Waals surface area contributed by atoms with Gasteiger partial charge in [-0.05, 0) is 93.2 Å². The zero-order valence-electron chi connectivity index (χ0n) is 25.6. The van der Waals surface area contributed by atoms with Gasteiger partial charge in [0.1, 0.15) is 29.9 Å². The summed E-state index contributed by atoms with van der Waals surface area (Å²) in [6.45, 7) is 4.22. The van der Waals surface area contributed by atoms with Gasteiger partial charge in [-0.25, -0.2) is 9.79 Å². The molecule has 0 saturated heterocycles. The van der Waals surface area contributed by atoms with Crippen LogP contribution in [-0.4, -0.2) is 31.4 Å². The molecule has 46 heavy (non-hydrogen) atoms. The van der Waals surface area contributed by atoms with E-state index in [-0.39, 0.29) is 18.8 Å². The molecule has 0 spiro atoms. The molecule has 2 heterocycles. The van der Waals surface area contributed by atoms with Gasteiger partial charge >= 0.3 is 5.97 Å². The Balaban J connectivity index is 1.64. The summed E-state index contributed by atoms with van der Waals surface area (Å²) >= 11 is 14.8. The van der Waals surface area contributed by atoms with Gasteiger partial charge in [0.15, 0.2) is 4.80 Å². The van der Waals surface area contributed by atoms with Crippen LogP contribution in [0.25, 0.3) is 6.08 Å². The van der Waals surface area contributed by atoms with E-state index in [9.17, 15) is 9.59 Å². The summed E-state index contributed by atoms with van der Waals surface area (Å²) in [7, 11) is 3.11. The zero-order valence-corrected chi connectivity index (χ0v) is 30.3. The zero-order chi connectivity index (χ0) is 33.0. The van der Waals surface area contributed by atoms with E-state index in [1.807, 2.05) is 43.3 Å². The van der Waals surface area contributed by atoms with Crippen molar-refractivity contribution in [3.05, 3.63) is 116 Å². The summed E-state index contributed by atoms with van der Waals surface area (Å²) < 4.78 is 26.2. The summed E-state index contributed by atoms with van der Waals surface area (Å²) in [6, 6.07) is 15.7. The summed E-state index contributed by atoms with van der Waals surface area (Å²) in [6.07, 6.45) is 3.06. The van der Waals surface area contributed by atoms with Crippen LogP contribution in [-0.2, 0) is 16.1 Å². The highest BCUT2D eigenvalue weighted by atomic mass is 79.9. The van der Waals surface area contributed by atoms with Gasteiger partial charge in [0.2, 0.25) is 0 Å². The molecule has 4 aromatic rings. The molecule has 0 fully saturated rings. The minimum Gasteiger partial charge on any atom is -0.497 e. The molecule has 3 aromatic carbocycles. The average molecular weight is 791 g/mol. The lowest BCUT2D eigenvalue weighted by molar-refractivity contribution is -0.139. The number of carbonyl (C=O) groups excluding carboxylic acids is 1. The van der Waals surface area contributed by atoms with Gasteiger partial charge in [-0.2, -0.15) is 0 Å². The topological polar surface area (TPSA) is 88.4 Å². The van der Waals surface area contributed by atoms with Crippen LogP contribution in [0.2, 0.25) is 5.02 Å². The molecule has 0 saturated carbocycles. The van der Waals surface area contributed by atoms with E-state index >= 15 is 0 Å². The van der Waals surface area contributed by atoms with Gasteiger partial charge in [-0.3, -0.25) is 9.36 Å². The van der Waals surface area contributed by atoms with Crippen molar-refractivity contribution in [2.75, 3.05) is 20.8 Å². The standard InChI is InChI=1S/C34H31Br2ClN2O6S/c1-5-9-26-29(33(41)44-6-2)30(22-17-21(42-3)12-13-27(22)43-4)39-32(40)28(46-34(39)38-26)16-19-14-23(35)31(24(36)15-19)45-18-20-10-7-8-11-25(20)37/h7-8,10-17,30H,5-6,9,18H2,1-4H3/b28-16-/t30-/m1/s1. The van der Waals surface area contributed by atoms with Crippen LogP contribution in [0.5, 0.6) is 17.2 Å². The number of benzene rings is 3. The Bertz CT molecular complexity index is 1980. The Morgan fingerprint density at radius 1 is 1.07 bits per heavy atom. The first-order valence-corrected chi connectivity index (χ1v) is 17.3. The fourth-order valence-electron chi connectivity index (χ4n) is 5.19. The second-order valence-electron chi connectivity index (χ2n) is 10.2. The van der Waals surface area contributed by atoms with Crippen molar-refractivity contribution < 1.29 is 23.7 Å². The van der Waals surface area contributed by atoms with E-state index < -0.39 is 12.0 Å². The number of allylic oxidation sites excluding steroid dienone is 1. The van der Waals surface area contributed by atoms with E-state index in [1.54, 1.807) is 50.0 Å². The molecule has 8 nitrogen and oxygen atoms in total. The Morgan fingerprint density at radius 3 is 2.46 bits per heavy atom. The molecule has 0 aliphatic carbocycles. The molecule has 0 unspecified atom stereocenters. The van der Waals surface area contributed by atoms with Crippen molar-refractivity contribution in [1.29, 1.82) is 0 Å². The number of hydrogen-bond donors (Lipinski definition) is 0. The molecule has 0 N–H and O–H groups in total. The van der Waals surface area contributed by atoms with Crippen molar-refractivity contribution in [3.8, 4) is 17.2 Å². The van der Waals surface area contributed by atoms with Crippen molar-refractivity contribution in [2.45, 2.75) is 39.3 Å². The number of carbonyl (C=O) groups is 1. The molecule has 1 aliphatic heterocycles. The first kappa shape index (κ1) is 34.0. The van der Waals surface area contributed by atoms with Crippen LogP contribution in [0.1, 0.15) is 49.4 Å². The number of fused-ring (bicyclic) bond motifs is 1. The molecule has 1 aromatic heterocycles. The Kier molecular flexibility index (Phi) is 11.1. The van der Waals surface area contributed by atoms with Gasteiger partial charge < -0.3 is 18.9 Å². The lowest BCUT2D eigenvalue weighted by atomic mass is 9.93. The van der Waals surface area contributed by atoms with E-state index in [4.69, 9.17) is 35.5 Å². The third-order valence-corrected chi connectivity index (χ3v) is 9.80. The third-order valence-electron chi connectivity index (χ3n) is 7.27. The molecule has 0 bridgehead atoms. The minimum atomic E-state index is -0.844. The molecular formula is C34H31Br2ClN2O6S. The molecular weight excluding hydrogens is 760 g/mol. The molecule has 5 rings (SSSR count). The summed E-state index contributed by atoms with van der Waals surface area (Å²) in [5, 5.41) is 0.625. The smallest absolute Gasteiger partial charge is 0.338 e. The second-order valence-corrected chi connectivity index (χ2v) is 13.3. The number of esters is 1. The largest absolute Gasteiger partial charge is 0.497 e. The van der Waals surface area contributed by atoms with Crippen LogP contribution in [0.3, 0.4) is 0 Å². The number of methoxy groups -OCH3 is 2. The predicted molar refractivity (Wildman–Crippen MR) is 187 cm³/mol. The molecule has 0 amide bonds. The molecule has 240 valence electrons. The lowest BCUT2D eigenvalue weighted by Crippen LogP contribution is -2.40.